The van der Waals surface area contributed by atoms with Crippen molar-refractivity contribution in [2.75, 3.05) is 26.7 Å². The van der Waals surface area contributed by atoms with E-state index in [9.17, 15) is 9.90 Å². The molecule has 1 saturated carbocycles. The van der Waals surface area contributed by atoms with E-state index in [4.69, 9.17) is 0 Å². The number of benzene rings is 1. The zero-order valence-electron chi connectivity index (χ0n) is 16.2. The molecule has 2 aliphatic rings. The highest BCUT2D eigenvalue weighted by atomic mass is 16.3. The maximum Gasteiger partial charge on any atom is 0.255 e. The summed E-state index contributed by atoms with van der Waals surface area (Å²) < 4.78 is 0. The fraction of sp³-hybridized carbons (Fsp3) is 0.682. The summed E-state index contributed by atoms with van der Waals surface area (Å²) in [5, 5.41) is 11.1. The third-order valence-corrected chi connectivity index (χ3v) is 6.06. The number of amides is 1. The number of hydrogen-bond acceptors (Lipinski definition) is 3. The predicted octanol–water partition coefficient (Wildman–Crippen LogP) is 3.44. The van der Waals surface area contributed by atoms with Gasteiger partial charge in [0.2, 0.25) is 0 Å². The maximum absolute atomic E-state index is 13.0. The summed E-state index contributed by atoms with van der Waals surface area (Å²) in [7, 11) is 1.99. The number of nitrogens with zero attached hydrogens (tertiary/aromatic N) is 2. The van der Waals surface area contributed by atoms with E-state index in [-0.39, 0.29) is 5.91 Å². The molecule has 4 heteroatoms. The summed E-state index contributed by atoms with van der Waals surface area (Å²) in [6.45, 7) is 2.77. The van der Waals surface area contributed by atoms with Crippen LogP contribution in [0.4, 0.5) is 0 Å². The molecular weight excluding hydrogens is 324 g/mol. The van der Waals surface area contributed by atoms with E-state index >= 15 is 0 Å². The van der Waals surface area contributed by atoms with Gasteiger partial charge in [-0.15, -0.1) is 0 Å². The second-order valence-electron chi connectivity index (χ2n) is 8.38. The third kappa shape index (κ3) is 5.08. The lowest BCUT2D eigenvalue weighted by Gasteiger charge is -2.40. The highest BCUT2D eigenvalue weighted by Gasteiger charge is 2.42. The predicted molar refractivity (Wildman–Crippen MR) is 105 cm³/mol. The molecule has 1 N–H and O–H groups in total. The molecule has 0 unspecified atom stereocenters. The van der Waals surface area contributed by atoms with Crippen LogP contribution in [0.1, 0.15) is 56.9 Å². The lowest BCUT2D eigenvalue weighted by Crippen LogP contribution is -2.58. The van der Waals surface area contributed by atoms with Crippen LogP contribution in [0.15, 0.2) is 30.3 Å². The van der Waals surface area contributed by atoms with Crippen LogP contribution in [0.3, 0.4) is 0 Å². The van der Waals surface area contributed by atoms with Gasteiger partial charge in [0.1, 0.15) is 0 Å². The number of aliphatic hydroxyl groups is 1. The van der Waals surface area contributed by atoms with Gasteiger partial charge in [-0.05, 0) is 37.8 Å². The summed E-state index contributed by atoms with van der Waals surface area (Å²) >= 11 is 0. The first-order valence-corrected chi connectivity index (χ1v) is 10.3. The van der Waals surface area contributed by atoms with Gasteiger partial charge in [0, 0.05) is 26.2 Å². The molecule has 1 heterocycles. The highest BCUT2D eigenvalue weighted by Crippen LogP contribution is 2.29. The van der Waals surface area contributed by atoms with Crippen molar-refractivity contribution >= 4 is 5.91 Å². The van der Waals surface area contributed by atoms with Crippen molar-refractivity contribution in [2.45, 2.75) is 63.5 Å². The first kappa shape index (κ1) is 19.4. The second kappa shape index (κ2) is 9.01. The van der Waals surface area contributed by atoms with Gasteiger partial charge in [-0.1, -0.05) is 62.4 Å². The normalized spacial score (nSPS) is 25.0. The quantitative estimate of drug-likeness (QED) is 0.812. The van der Waals surface area contributed by atoms with Gasteiger partial charge >= 0.3 is 0 Å². The highest BCUT2D eigenvalue weighted by molar-refractivity contribution is 5.86. The SMILES string of the molecule is CN(Cc1ccccc1)C[C@@]1(O)CCCN(CCC2CCCCC2)C1=O. The number of carbonyl (C=O) groups excluding carboxylic acids is 1. The Morgan fingerprint density at radius 2 is 1.88 bits per heavy atom. The number of piperidine rings is 1. The van der Waals surface area contributed by atoms with Crippen LogP contribution >= 0.6 is 0 Å². The standard InChI is InChI=1S/C22H34N2O2/c1-23(17-20-11-6-3-7-12-20)18-22(26)14-8-15-24(21(22)25)16-13-19-9-4-2-5-10-19/h3,6-7,11-12,19,26H,2,4-5,8-10,13-18H2,1H3/t22-/m0/s1. The fourth-order valence-electron chi connectivity index (χ4n) is 4.64. The van der Waals surface area contributed by atoms with Gasteiger partial charge < -0.3 is 10.0 Å². The molecule has 2 fully saturated rings. The van der Waals surface area contributed by atoms with Crippen molar-refractivity contribution in [3.05, 3.63) is 35.9 Å². The smallest absolute Gasteiger partial charge is 0.255 e. The van der Waals surface area contributed by atoms with Gasteiger partial charge in [0.25, 0.3) is 5.91 Å². The molecule has 1 amide bonds. The Morgan fingerprint density at radius 3 is 2.62 bits per heavy atom. The lowest BCUT2D eigenvalue weighted by atomic mass is 9.86. The van der Waals surface area contributed by atoms with Gasteiger partial charge in [-0.25, -0.2) is 0 Å². The Morgan fingerprint density at radius 1 is 1.15 bits per heavy atom. The number of carbonyl (C=O) groups is 1. The van der Waals surface area contributed by atoms with Crippen molar-refractivity contribution in [1.82, 2.24) is 9.80 Å². The topological polar surface area (TPSA) is 43.8 Å². The van der Waals surface area contributed by atoms with Crippen LogP contribution in [-0.2, 0) is 11.3 Å². The Bertz CT molecular complexity index is 571. The molecule has 26 heavy (non-hydrogen) atoms. The van der Waals surface area contributed by atoms with E-state index in [1.54, 1.807) is 0 Å². The zero-order chi connectivity index (χ0) is 18.4. The van der Waals surface area contributed by atoms with Crippen LogP contribution < -0.4 is 0 Å². The van der Waals surface area contributed by atoms with Crippen molar-refractivity contribution in [3.8, 4) is 0 Å². The number of rotatable bonds is 7. The first-order chi connectivity index (χ1) is 12.6. The minimum atomic E-state index is -1.23. The molecule has 3 rings (SSSR count). The summed E-state index contributed by atoms with van der Waals surface area (Å²) in [4.78, 5) is 16.9. The molecule has 0 bridgehead atoms. The van der Waals surface area contributed by atoms with E-state index in [1.807, 2.05) is 30.1 Å². The molecular formula is C22H34N2O2. The molecule has 0 radical (unpaired) electrons. The van der Waals surface area contributed by atoms with Crippen molar-refractivity contribution in [1.29, 1.82) is 0 Å². The van der Waals surface area contributed by atoms with E-state index in [0.29, 0.717) is 13.0 Å². The summed E-state index contributed by atoms with van der Waals surface area (Å²) in [6.07, 6.45) is 9.24. The van der Waals surface area contributed by atoms with Crippen molar-refractivity contribution in [2.24, 2.45) is 5.92 Å². The Hall–Kier alpha value is -1.39. The van der Waals surface area contributed by atoms with Crippen LogP contribution in [0.5, 0.6) is 0 Å². The molecule has 1 aliphatic heterocycles. The third-order valence-electron chi connectivity index (χ3n) is 6.06. The van der Waals surface area contributed by atoms with Crippen LogP contribution in [0.2, 0.25) is 0 Å². The second-order valence-corrected chi connectivity index (χ2v) is 8.38. The monoisotopic (exact) mass is 358 g/mol. The number of likely N-dealkylation sites (N-methyl/N-ethyl adjacent to an activating group) is 1. The molecule has 1 atom stereocenters. The van der Waals surface area contributed by atoms with Gasteiger partial charge in [0.15, 0.2) is 5.60 Å². The van der Waals surface area contributed by atoms with E-state index in [1.165, 1.54) is 37.7 Å². The van der Waals surface area contributed by atoms with Crippen LogP contribution in [0, 0.1) is 5.92 Å². The lowest BCUT2D eigenvalue weighted by molar-refractivity contribution is -0.159. The van der Waals surface area contributed by atoms with Gasteiger partial charge in [0.05, 0.1) is 0 Å². The van der Waals surface area contributed by atoms with Crippen LogP contribution in [0.25, 0.3) is 0 Å². The molecule has 1 aliphatic carbocycles. The van der Waals surface area contributed by atoms with Gasteiger partial charge in [-0.3, -0.25) is 9.69 Å². The fourth-order valence-corrected chi connectivity index (χ4v) is 4.64. The first-order valence-electron chi connectivity index (χ1n) is 10.3. The Kier molecular flexibility index (Phi) is 6.71. The molecule has 1 aromatic carbocycles. The zero-order valence-corrected chi connectivity index (χ0v) is 16.2. The van der Waals surface area contributed by atoms with E-state index in [2.05, 4.69) is 17.0 Å². The van der Waals surface area contributed by atoms with E-state index < -0.39 is 5.60 Å². The van der Waals surface area contributed by atoms with Crippen molar-refractivity contribution in [3.63, 3.8) is 0 Å². The number of likely N-dealkylation sites (tertiary alicyclic amines) is 1. The van der Waals surface area contributed by atoms with Gasteiger partial charge in [-0.2, -0.15) is 0 Å². The molecule has 1 saturated heterocycles. The molecule has 4 nitrogen and oxygen atoms in total. The average Bonchev–Trinajstić information content (AvgIpc) is 2.64. The summed E-state index contributed by atoms with van der Waals surface area (Å²) in [5.74, 6) is 0.715. The number of hydrogen-bond donors (Lipinski definition) is 1. The van der Waals surface area contributed by atoms with Crippen molar-refractivity contribution < 1.29 is 9.90 Å². The largest absolute Gasteiger partial charge is 0.379 e. The molecule has 1 aromatic rings. The molecule has 0 spiro atoms. The average molecular weight is 359 g/mol. The summed E-state index contributed by atoms with van der Waals surface area (Å²) in [5.41, 5.74) is -0.0232. The minimum Gasteiger partial charge on any atom is -0.379 e. The Balaban J connectivity index is 1.53. The molecule has 0 aromatic heterocycles. The Labute approximate surface area is 158 Å². The molecule has 144 valence electrons. The minimum absolute atomic E-state index is 0.0560. The van der Waals surface area contributed by atoms with E-state index in [0.717, 1.165) is 38.4 Å². The summed E-state index contributed by atoms with van der Waals surface area (Å²) in [6, 6.07) is 10.2. The maximum atomic E-state index is 13.0. The van der Waals surface area contributed by atoms with Crippen LogP contribution in [-0.4, -0.2) is 53.1 Å².